The lowest BCUT2D eigenvalue weighted by atomic mass is 9.94. The molecular formula is C17H21ClN4O2. The lowest BCUT2D eigenvalue weighted by molar-refractivity contribution is -0.117. The minimum atomic E-state index is 0. The van der Waals surface area contributed by atoms with E-state index in [0.29, 0.717) is 24.0 Å². The summed E-state index contributed by atoms with van der Waals surface area (Å²) in [5.41, 5.74) is 0.774. The summed E-state index contributed by atoms with van der Waals surface area (Å²) in [5.74, 6) is 1.65. The summed E-state index contributed by atoms with van der Waals surface area (Å²) in [6.45, 7) is 2.01. The molecule has 1 saturated heterocycles. The van der Waals surface area contributed by atoms with Gasteiger partial charge in [0.1, 0.15) is 5.75 Å². The van der Waals surface area contributed by atoms with E-state index in [4.69, 9.17) is 4.74 Å². The van der Waals surface area contributed by atoms with Crippen molar-refractivity contribution in [2.45, 2.75) is 19.3 Å². The highest BCUT2D eigenvalue weighted by Gasteiger charge is 2.16. The van der Waals surface area contributed by atoms with Gasteiger partial charge in [-0.25, -0.2) is 4.98 Å². The number of piperidine rings is 1. The van der Waals surface area contributed by atoms with E-state index in [1.54, 1.807) is 30.7 Å². The van der Waals surface area contributed by atoms with Gasteiger partial charge in [-0.05, 0) is 56.1 Å². The molecule has 1 aromatic carbocycles. The molecule has 2 N–H and O–H groups in total. The molecule has 1 amide bonds. The van der Waals surface area contributed by atoms with Crippen molar-refractivity contribution >= 4 is 24.0 Å². The third kappa shape index (κ3) is 5.47. The van der Waals surface area contributed by atoms with Crippen molar-refractivity contribution < 1.29 is 9.53 Å². The summed E-state index contributed by atoms with van der Waals surface area (Å²) in [5, 5.41) is 6.25. The third-order valence-corrected chi connectivity index (χ3v) is 3.83. The largest absolute Gasteiger partial charge is 0.438 e. The molecule has 3 rings (SSSR count). The summed E-state index contributed by atoms with van der Waals surface area (Å²) >= 11 is 0. The Morgan fingerprint density at radius 3 is 2.62 bits per heavy atom. The molecule has 7 heteroatoms. The Bertz CT molecular complexity index is 631. The number of anilines is 1. The summed E-state index contributed by atoms with van der Waals surface area (Å²) in [7, 11) is 0. The molecular weight excluding hydrogens is 328 g/mol. The van der Waals surface area contributed by atoms with E-state index in [9.17, 15) is 4.79 Å². The van der Waals surface area contributed by atoms with Crippen LogP contribution in [0.15, 0.2) is 42.9 Å². The molecule has 1 aliphatic rings. The Morgan fingerprint density at radius 1 is 1.21 bits per heavy atom. The van der Waals surface area contributed by atoms with Gasteiger partial charge in [-0.15, -0.1) is 12.4 Å². The molecule has 1 fully saturated rings. The van der Waals surface area contributed by atoms with Crippen LogP contribution in [0.25, 0.3) is 0 Å². The molecule has 0 saturated carbocycles. The molecule has 1 aliphatic heterocycles. The molecule has 0 radical (unpaired) electrons. The average Bonchev–Trinajstić information content (AvgIpc) is 2.58. The number of hydrogen-bond acceptors (Lipinski definition) is 5. The number of aromatic nitrogens is 2. The van der Waals surface area contributed by atoms with Crippen LogP contribution in [-0.2, 0) is 4.79 Å². The molecule has 6 nitrogen and oxygen atoms in total. The zero-order valence-electron chi connectivity index (χ0n) is 13.3. The first kappa shape index (κ1) is 18.2. The Morgan fingerprint density at radius 2 is 1.96 bits per heavy atom. The minimum absolute atomic E-state index is 0. The van der Waals surface area contributed by atoms with Crippen LogP contribution in [0.4, 0.5) is 5.69 Å². The van der Waals surface area contributed by atoms with E-state index in [0.717, 1.165) is 31.6 Å². The summed E-state index contributed by atoms with van der Waals surface area (Å²) in [6.07, 6.45) is 7.43. The van der Waals surface area contributed by atoms with Crippen molar-refractivity contribution in [1.82, 2.24) is 15.3 Å². The first-order chi connectivity index (χ1) is 11.3. The summed E-state index contributed by atoms with van der Waals surface area (Å²) in [6, 6.07) is 7.25. The van der Waals surface area contributed by atoms with Crippen molar-refractivity contribution in [2.75, 3.05) is 18.4 Å². The molecule has 128 valence electrons. The molecule has 1 aromatic heterocycles. The summed E-state index contributed by atoms with van der Waals surface area (Å²) < 4.78 is 5.57. The molecule has 0 spiro atoms. The maximum Gasteiger partial charge on any atom is 0.237 e. The fourth-order valence-electron chi connectivity index (χ4n) is 2.63. The Hall–Kier alpha value is -2.18. The van der Waals surface area contributed by atoms with Crippen molar-refractivity contribution in [3.05, 3.63) is 42.9 Å². The SMILES string of the molecule is Cl.O=C(CC1CCNCC1)Nc1ccc(Oc2cnccn2)cc1. The number of hydrogen-bond donors (Lipinski definition) is 2. The number of carbonyl (C=O) groups excluding carboxylic acids is 1. The monoisotopic (exact) mass is 348 g/mol. The Labute approximate surface area is 147 Å². The number of benzene rings is 1. The van der Waals surface area contributed by atoms with Gasteiger partial charge in [0.25, 0.3) is 0 Å². The highest BCUT2D eigenvalue weighted by molar-refractivity contribution is 5.90. The van der Waals surface area contributed by atoms with Crippen LogP contribution in [0.1, 0.15) is 19.3 Å². The number of ether oxygens (including phenoxy) is 1. The number of nitrogens with one attached hydrogen (secondary N) is 2. The lowest BCUT2D eigenvalue weighted by Crippen LogP contribution is -2.30. The topological polar surface area (TPSA) is 76.1 Å². The van der Waals surface area contributed by atoms with Gasteiger partial charge in [-0.3, -0.25) is 9.78 Å². The second kappa shape index (κ2) is 9.20. The second-order valence-corrected chi connectivity index (χ2v) is 5.62. The van der Waals surface area contributed by atoms with Gasteiger partial charge >= 0.3 is 0 Å². The molecule has 0 aliphatic carbocycles. The second-order valence-electron chi connectivity index (χ2n) is 5.62. The van der Waals surface area contributed by atoms with Crippen LogP contribution < -0.4 is 15.4 Å². The van der Waals surface area contributed by atoms with Crippen LogP contribution in [0.3, 0.4) is 0 Å². The van der Waals surface area contributed by atoms with Crippen molar-refractivity contribution in [3.8, 4) is 11.6 Å². The van der Waals surface area contributed by atoms with Crippen molar-refractivity contribution in [1.29, 1.82) is 0 Å². The standard InChI is InChI=1S/C17H20N4O2.ClH/c22-16(11-13-5-7-18-8-6-13)21-14-1-3-15(4-2-14)23-17-12-19-9-10-20-17;/h1-4,9-10,12-13,18H,5-8,11H2,(H,21,22);1H. The van der Waals surface area contributed by atoms with Gasteiger partial charge in [0.05, 0.1) is 6.20 Å². The van der Waals surface area contributed by atoms with Crippen molar-refractivity contribution in [2.24, 2.45) is 5.92 Å². The van der Waals surface area contributed by atoms with E-state index < -0.39 is 0 Å². The minimum Gasteiger partial charge on any atom is -0.438 e. The van der Waals surface area contributed by atoms with Crippen LogP contribution >= 0.6 is 12.4 Å². The maximum atomic E-state index is 12.1. The first-order valence-corrected chi connectivity index (χ1v) is 7.84. The third-order valence-electron chi connectivity index (χ3n) is 3.83. The lowest BCUT2D eigenvalue weighted by Gasteiger charge is -2.21. The van der Waals surface area contributed by atoms with Gasteiger partial charge in [0.15, 0.2) is 0 Å². The maximum absolute atomic E-state index is 12.1. The fraction of sp³-hybridized carbons (Fsp3) is 0.353. The van der Waals surface area contributed by atoms with Crippen LogP contribution in [0.5, 0.6) is 11.6 Å². The molecule has 0 bridgehead atoms. The average molecular weight is 349 g/mol. The van der Waals surface area contributed by atoms with E-state index in [2.05, 4.69) is 20.6 Å². The number of rotatable bonds is 5. The molecule has 2 aromatic rings. The highest BCUT2D eigenvalue weighted by atomic mass is 35.5. The van der Waals surface area contributed by atoms with Gasteiger partial charge in [0, 0.05) is 24.5 Å². The Balaban J connectivity index is 0.00000208. The molecule has 0 atom stereocenters. The molecule has 2 heterocycles. The first-order valence-electron chi connectivity index (χ1n) is 7.84. The zero-order chi connectivity index (χ0) is 15.9. The highest BCUT2D eigenvalue weighted by Crippen LogP contribution is 2.21. The number of nitrogens with zero attached hydrogens (tertiary/aromatic N) is 2. The van der Waals surface area contributed by atoms with E-state index in [1.165, 1.54) is 0 Å². The predicted molar refractivity (Wildman–Crippen MR) is 94.6 cm³/mol. The van der Waals surface area contributed by atoms with E-state index >= 15 is 0 Å². The van der Waals surface area contributed by atoms with Gasteiger partial charge < -0.3 is 15.4 Å². The number of carbonyl (C=O) groups is 1. The van der Waals surface area contributed by atoms with Gasteiger partial charge in [0.2, 0.25) is 11.8 Å². The van der Waals surface area contributed by atoms with E-state index in [1.807, 2.05) is 12.1 Å². The van der Waals surface area contributed by atoms with Crippen LogP contribution in [0.2, 0.25) is 0 Å². The predicted octanol–water partition coefficient (Wildman–Crippen LogP) is 3.02. The number of halogens is 1. The molecule has 24 heavy (non-hydrogen) atoms. The quantitative estimate of drug-likeness (QED) is 0.868. The number of amides is 1. The zero-order valence-corrected chi connectivity index (χ0v) is 14.1. The van der Waals surface area contributed by atoms with Crippen LogP contribution in [-0.4, -0.2) is 29.0 Å². The van der Waals surface area contributed by atoms with Crippen molar-refractivity contribution in [3.63, 3.8) is 0 Å². The van der Waals surface area contributed by atoms with Gasteiger partial charge in [-0.2, -0.15) is 0 Å². The van der Waals surface area contributed by atoms with Crippen LogP contribution in [0, 0.1) is 5.92 Å². The molecule has 0 unspecified atom stereocenters. The fourth-order valence-corrected chi connectivity index (χ4v) is 2.63. The Kier molecular flexibility index (Phi) is 6.96. The smallest absolute Gasteiger partial charge is 0.237 e. The van der Waals surface area contributed by atoms with Gasteiger partial charge in [-0.1, -0.05) is 0 Å². The normalized spacial score (nSPS) is 14.5. The van der Waals surface area contributed by atoms with E-state index in [-0.39, 0.29) is 18.3 Å². The summed E-state index contributed by atoms with van der Waals surface area (Å²) in [4.78, 5) is 20.1.